The maximum Gasteiger partial charge on any atom is 0.0751 e. The number of aryl methyl sites for hydroxylation is 1. The Morgan fingerprint density at radius 2 is 2.17 bits per heavy atom. The molecule has 1 atom stereocenters. The number of hydrogen-bond acceptors (Lipinski definition) is 3. The predicted octanol–water partition coefficient (Wildman–Crippen LogP) is 3.38. The van der Waals surface area contributed by atoms with Crippen LogP contribution in [0.25, 0.3) is 10.9 Å². The van der Waals surface area contributed by atoms with Crippen molar-refractivity contribution in [2.24, 2.45) is 0 Å². The molecule has 1 aromatic carbocycles. The molecule has 1 aromatic heterocycles. The Bertz CT molecular complexity index is 525. The largest absolute Gasteiger partial charge is 0.385 e. The van der Waals surface area contributed by atoms with Crippen molar-refractivity contribution < 1.29 is 4.74 Å². The summed E-state index contributed by atoms with van der Waals surface area (Å²) in [6.45, 7) is 5.03. The summed E-state index contributed by atoms with van der Waals surface area (Å²) in [4.78, 5) is 4.45. The number of fused-ring (bicyclic) bond motifs is 1. The Hall–Kier alpha value is -1.61. The minimum atomic E-state index is 0.385. The van der Waals surface area contributed by atoms with Gasteiger partial charge in [0.15, 0.2) is 0 Å². The van der Waals surface area contributed by atoms with Crippen LogP contribution in [-0.4, -0.2) is 24.7 Å². The van der Waals surface area contributed by atoms with Gasteiger partial charge in [-0.3, -0.25) is 4.98 Å². The summed E-state index contributed by atoms with van der Waals surface area (Å²) in [5, 5.41) is 4.71. The molecule has 0 aliphatic rings. The standard InChI is InChI=1S/C15H20N2O/c1-11-6-7-14(17-12(2)8-10-18-3)13-5-4-9-16-15(11)13/h4-7,9,12,17H,8,10H2,1-3H3. The van der Waals surface area contributed by atoms with Crippen molar-refractivity contribution in [1.29, 1.82) is 0 Å². The second kappa shape index (κ2) is 5.83. The van der Waals surface area contributed by atoms with Gasteiger partial charge in [-0.05, 0) is 44.0 Å². The first-order chi connectivity index (χ1) is 8.72. The Morgan fingerprint density at radius 1 is 1.33 bits per heavy atom. The number of hydrogen-bond donors (Lipinski definition) is 1. The predicted molar refractivity (Wildman–Crippen MR) is 76.1 cm³/mol. The second-order valence-corrected chi connectivity index (χ2v) is 4.66. The van der Waals surface area contributed by atoms with Gasteiger partial charge in [0.2, 0.25) is 0 Å². The SMILES string of the molecule is COCCC(C)Nc1ccc(C)c2ncccc12. The van der Waals surface area contributed by atoms with E-state index in [1.54, 1.807) is 7.11 Å². The minimum Gasteiger partial charge on any atom is -0.385 e. The van der Waals surface area contributed by atoms with Crippen molar-refractivity contribution >= 4 is 16.6 Å². The smallest absolute Gasteiger partial charge is 0.0751 e. The Kier molecular flexibility index (Phi) is 4.15. The average molecular weight is 244 g/mol. The molecule has 1 N–H and O–H groups in total. The van der Waals surface area contributed by atoms with Crippen LogP contribution >= 0.6 is 0 Å². The number of rotatable bonds is 5. The summed E-state index contributed by atoms with van der Waals surface area (Å²) in [6, 6.07) is 8.72. The van der Waals surface area contributed by atoms with Crippen LogP contribution in [-0.2, 0) is 4.74 Å². The van der Waals surface area contributed by atoms with Gasteiger partial charge in [0, 0.05) is 37.0 Å². The number of nitrogens with one attached hydrogen (secondary N) is 1. The van der Waals surface area contributed by atoms with E-state index in [1.165, 1.54) is 10.9 Å². The van der Waals surface area contributed by atoms with Crippen LogP contribution < -0.4 is 5.32 Å². The highest BCUT2D eigenvalue weighted by molar-refractivity contribution is 5.93. The molecule has 1 heterocycles. The third-order valence-corrected chi connectivity index (χ3v) is 3.13. The molecule has 96 valence electrons. The number of aromatic nitrogens is 1. The molecule has 0 aliphatic carbocycles. The first-order valence-corrected chi connectivity index (χ1v) is 6.32. The number of pyridine rings is 1. The van der Waals surface area contributed by atoms with Crippen LogP contribution in [0.2, 0.25) is 0 Å². The van der Waals surface area contributed by atoms with Crippen LogP contribution in [0.3, 0.4) is 0 Å². The Morgan fingerprint density at radius 3 is 2.94 bits per heavy atom. The number of methoxy groups -OCH3 is 1. The topological polar surface area (TPSA) is 34.1 Å². The quantitative estimate of drug-likeness (QED) is 0.875. The van der Waals surface area contributed by atoms with E-state index in [2.05, 4.69) is 42.3 Å². The molecule has 0 radical (unpaired) electrons. The lowest BCUT2D eigenvalue weighted by molar-refractivity contribution is 0.191. The molecule has 0 spiro atoms. The summed E-state index contributed by atoms with van der Waals surface area (Å²) in [7, 11) is 1.73. The van der Waals surface area contributed by atoms with Gasteiger partial charge >= 0.3 is 0 Å². The lowest BCUT2D eigenvalue weighted by Crippen LogP contribution is -2.17. The highest BCUT2D eigenvalue weighted by Crippen LogP contribution is 2.25. The summed E-state index contributed by atoms with van der Waals surface area (Å²) in [5.74, 6) is 0. The molecule has 2 aromatic rings. The fourth-order valence-electron chi connectivity index (χ4n) is 2.07. The van der Waals surface area contributed by atoms with Gasteiger partial charge in [0.25, 0.3) is 0 Å². The second-order valence-electron chi connectivity index (χ2n) is 4.66. The highest BCUT2D eigenvalue weighted by atomic mass is 16.5. The fourth-order valence-corrected chi connectivity index (χ4v) is 2.07. The van der Waals surface area contributed by atoms with Gasteiger partial charge < -0.3 is 10.1 Å². The molecular formula is C15H20N2O. The first kappa shape index (κ1) is 12.8. The average Bonchev–Trinajstić information content (AvgIpc) is 2.40. The third-order valence-electron chi connectivity index (χ3n) is 3.13. The zero-order chi connectivity index (χ0) is 13.0. The Balaban J connectivity index is 2.26. The molecule has 3 heteroatoms. The summed E-state index contributed by atoms with van der Waals surface area (Å²) in [6.07, 6.45) is 2.83. The van der Waals surface area contributed by atoms with Crippen molar-refractivity contribution in [2.45, 2.75) is 26.3 Å². The van der Waals surface area contributed by atoms with Gasteiger partial charge in [-0.2, -0.15) is 0 Å². The zero-order valence-electron chi connectivity index (χ0n) is 11.2. The van der Waals surface area contributed by atoms with Gasteiger partial charge in [-0.15, -0.1) is 0 Å². The van der Waals surface area contributed by atoms with E-state index < -0.39 is 0 Å². The normalized spacial score (nSPS) is 12.6. The van der Waals surface area contributed by atoms with Gasteiger partial charge in [0.05, 0.1) is 5.52 Å². The van der Waals surface area contributed by atoms with Crippen molar-refractivity contribution in [2.75, 3.05) is 19.0 Å². The van der Waals surface area contributed by atoms with Crippen LogP contribution in [0.4, 0.5) is 5.69 Å². The maximum atomic E-state index is 5.10. The molecular weight excluding hydrogens is 224 g/mol. The van der Waals surface area contributed by atoms with E-state index in [4.69, 9.17) is 4.74 Å². The van der Waals surface area contributed by atoms with E-state index in [9.17, 15) is 0 Å². The summed E-state index contributed by atoms with van der Waals surface area (Å²) in [5.41, 5.74) is 3.43. The molecule has 3 nitrogen and oxygen atoms in total. The summed E-state index contributed by atoms with van der Waals surface area (Å²) < 4.78 is 5.10. The Labute approximate surface area is 108 Å². The molecule has 0 saturated heterocycles. The van der Waals surface area contributed by atoms with Gasteiger partial charge in [0.1, 0.15) is 0 Å². The highest BCUT2D eigenvalue weighted by Gasteiger charge is 2.07. The first-order valence-electron chi connectivity index (χ1n) is 6.32. The minimum absolute atomic E-state index is 0.385. The molecule has 0 saturated carbocycles. The van der Waals surface area contributed by atoms with E-state index in [-0.39, 0.29) is 0 Å². The molecule has 0 aliphatic heterocycles. The summed E-state index contributed by atoms with van der Waals surface area (Å²) >= 11 is 0. The molecule has 1 unspecified atom stereocenters. The van der Waals surface area contributed by atoms with Crippen molar-refractivity contribution in [3.8, 4) is 0 Å². The molecule has 0 fully saturated rings. The van der Waals surface area contributed by atoms with Crippen LogP contribution in [0, 0.1) is 6.92 Å². The lowest BCUT2D eigenvalue weighted by atomic mass is 10.1. The molecule has 18 heavy (non-hydrogen) atoms. The number of anilines is 1. The van der Waals surface area contributed by atoms with E-state index >= 15 is 0 Å². The van der Waals surface area contributed by atoms with Crippen LogP contribution in [0.15, 0.2) is 30.5 Å². The van der Waals surface area contributed by atoms with Gasteiger partial charge in [-0.25, -0.2) is 0 Å². The monoisotopic (exact) mass is 244 g/mol. The number of benzene rings is 1. The number of ether oxygens (including phenoxy) is 1. The molecule has 0 bridgehead atoms. The van der Waals surface area contributed by atoms with E-state index in [0.29, 0.717) is 6.04 Å². The van der Waals surface area contributed by atoms with Crippen molar-refractivity contribution in [3.63, 3.8) is 0 Å². The van der Waals surface area contributed by atoms with Crippen molar-refractivity contribution in [1.82, 2.24) is 4.98 Å². The lowest BCUT2D eigenvalue weighted by Gasteiger charge is -2.17. The maximum absolute atomic E-state index is 5.10. The molecule has 0 amide bonds. The zero-order valence-corrected chi connectivity index (χ0v) is 11.2. The van der Waals surface area contributed by atoms with Crippen LogP contribution in [0.1, 0.15) is 18.9 Å². The number of nitrogens with zero attached hydrogens (tertiary/aromatic N) is 1. The third kappa shape index (κ3) is 2.79. The van der Waals surface area contributed by atoms with Crippen molar-refractivity contribution in [3.05, 3.63) is 36.0 Å². The fraction of sp³-hybridized carbons (Fsp3) is 0.400. The van der Waals surface area contributed by atoms with E-state index in [1.807, 2.05) is 12.3 Å². The molecule has 2 rings (SSSR count). The van der Waals surface area contributed by atoms with E-state index in [0.717, 1.165) is 24.2 Å². The van der Waals surface area contributed by atoms with Crippen LogP contribution in [0.5, 0.6) is 0 Å². The van der Waals surface area contributed by atoms with Gasteiger partial charge in [-0.1, -0.05) is 6.07 Å².